The molecule has 1 aliphatic rings. The third kappa shape index (κ3) is 5.49. The van der Waals surface area contributed by atoms with Crippen LogP contribution in [0.15, 0.2) is 48.5 Å². The molecule has 1 N–H and O–H groups in total. The largest absolute Gasteiger partial charge is 0.494 e. The van der Waals surface area contributed by atoms with E-state index in [4.69, 9.17) is 9.47 Å². The van der Waals surface area contributed by atoms with Crippen LogP contribution >= 0.6 is 0 Å². The molecule has 28 heavy (non-hydrogen) atoms. The number of anilines is 1. The second-order valence-electron chi connectivity index (χ2n) is 6.70. The molecular weight excluding hydrogens is 356 g/mol. The molecule has 2 aromatic rings. The van der Waals surface area contributed by atoms with Crippen molar-refractivity contribution >= 4 is 17.5 Å². The highest BCUT2D eigenvalue weighted by atomic mass is 16.5. The number of carbonyl (C=O) groups is 2. The van der Waals surface area contributed by atoms with Crippen molar-refractivity contribution in [1.29, 1.82) is 0 Å². The first kappa shape index (κ1) is 19.7. The van der Waals surface area contributed by atoms with Gasteiger partial charge in [0.05, 0.1) is 6.61 Å². The van der Waals surface area contributed by atoms with E-state index in [9.17, 15) is 9.59 Å². The fraction of sp³-hybridized carbons (Fsp3) is 0.364. The molecule has 1 saturated heterocycles. The van der Waals surface area contributed by atoms with Crippen molar-refractivity contribution in [3.05, 3.63) is 54.1 Å². The molecule has 1 aliphatic heterocycles. The number of nitrogens with one attached hydrogen (secondary N) is 1. The Morgan fingerprint density at radius 2 is 1.71 bits per heavy atom. The Hall–Kier alpha value is -3.02. The summed E-state index contributed by atoms with van der Waals surface area (Å²) < 4.78 is 11.0. The second kappa shape index (κ2) is 9.78. The van der Waals surface area contributed by atoms with Crippen LogP contribution in [0.2, 0.25) is 0 Å². The summed E-state index contributed by atoms with van der Waals surface area (Å²) in [5.41, 5.74) is 1.88. The average molecular weight is 382 g/mol. The summed E-state index contributed by atoms with van der Waals surface area (Å²) in [6.07, 6.45) is 2.48. The predicted octanol–water partition coefficient (Wildman–Crippen LogP) is 3.30. The zero-order chi connectivity index (χ0) is 19.8. The highest BCUT2D eigenvalue weighted by Gasteiger charge is 2.21. The molecule has 2 amide bonds. The van der Waals surface area contributed by atoms with Gasteiger partial charge in [-0.1, -0.05) is 19.1 Å². The molecule has 0 spiro atoms. The lowest BCUT2D eigenvalue weighted by molar-refractivity contribution is -0.123. The molecule has 0 aliphatic carbocycles. The van der Waals surface area contributed by atoms with Gasteiger partial charge in [-0.25, -0.2) is 0 Å². The van der Waals surface area contributed by atoms with Gasteiger partial charge >= 0.3 is 0 Å². The van der Waals surface area contributed by atoms with Crippen LogP contribution in [0, 0.1) is 0 Å². The summed E-state index contributed by atoms with van der Waals surface area (Å²) in [5, 5.41) is 2.84. The number of rotatable bonds is 9. The zero-order valence-corrected chi connectivity index (χ0v) is 16.1. The second-order valence-corrected chi connectivity index (χ2v) is 6.70. The summed E-state index contributed by atoms with van der Waals surface area (Å²) >= 11 is 0. The van der Waals surface area contributed by atoms with Gasteiger partial charge in [0.1, 0.15) is 11.5 Å². The number of hydrogen-bond donors (Lipinski definition) is 1. The molecule has 0 bridgehead atoms. The van der Waals surface area contributed by atoms with Crippen LogP contribution in [0.4, 0.5) is 5.69 Å². The number of ether oxygens (including phenoxy) is 2. The smallest absolute Gasteiger partial charge is 0.258 e. The Bertz CT molecular complexity index is 787. The van der Waals surface area contributed by atoms with Gasteiger partial charge in [-0.3, -0.25) is 9.59 Å². The average Bonchev–Trinajstić information content (AvgIpc) is 3.16. The van der Waals surface area contributed by atoms with E-state index in [1.807, 2.05) is 36.4 Å². The van der Waals surface area contributed by atoms with Crippen molar-refractivity contribution in [2.75, 3.05) is 24.7 Å². The summed E-state index contributed by atoms with van der Waals surface area (Å²) in [6.45, 7) is 3.88. The molecule has 3 rings (SSSR count). The number of amides is 2. The Balaban J connectivity index is 1.41. The van der Waals surface area contributed by atoms with Crippen molar-refractivity contribution < 1.29 is 19.1 Å². The van der Waals surface area contributed by atoms with Crippen molar-refractivity contribution in [3.8, 4) is 11.5 Å². The molecular formula is C22H26N2O4. The maximum absolute atomic E-state index is 12.0. The summed E-state index contributed by atoms with van der Waals surface area (Å²) in [5.74, 6) is 1.39. The Morgan fingerprint density at radius 1 is 1.04 bits per heavy atom. The SMILES string of the molecule is CCCOc1ccc(OCC(=O)NCc2ccc(N3CCCC3=O)cc2)cc1. The minimum atomic E-state index is -0.190. The molecule has 0 radical (unpaired) electrons. The molecule has 0 atom stereocenters. The number of nitrogens with zero attached hydrogens (tertiary/aromatic N) is 1. The van der Waals surface area contributed by atoms with Gasteiger partial charge in [-0.15, -0.1) is 0 Å². The van der Waals surface area contributed by atoms with Crippen molar-refractivity contribution in [2.45, 2.75) is 32.7 Å². The molecule has 2 aromatic carbocycles. The van der Waals surface area contributed by atoms with E-state index in [0.717, 1.165) is 36.4 Å². The first-order valence-corrected chi connectivity index (χ1v) is 9.67. The number of benzene rings is 2. The highest BCUT2D eigenvalue weighted by molar-refractivity contribution is 5.95. The van der Waals surface area contributed by atoms with Gasteiger partial charge in [0.15, 0.2) is 6.61 Å². The van der Waals surface area contributed by atoms with Crippen LogP contribution < -0.4 is 19.7 Å². The fourth-order valence-electron chi connectivity index (χ4n) is 2.97. The van der Waals surface area contributed by atoms with Gasteiger partial charge in [-0.2, -0.15) is 0 Å². The zero-order valence-electron chi connectivity index (χ0n) is 16.1. The normalized spacial score (nSPS) is 13.5. The lowest BCUT2D eigenvalue weighted by atomic mass is 10.2. The van der Waals surface area contributed by atoms with E-state index in [0.29, 0.717) is 25.3 Å². The third-order valence-electron chi connectivity index (χ3n) is 4.48. The maximum Gasteiger partial charge on any atom is 0.258 e. The van der Waals surface area contributed by atoms with Crippen LogP contribution in [-0.2, 0) is 16.1 Å². The van der Waals surface area contributed by atoms with Gasteiger partial charge < -0.3 is 19.7 Å². The molecule has 6 nitrogen and oxygen atoms in total. The first-order valence-electron chi connectivity index (χ1n) is 9.67. The molecule has 0 unspecified atom stereocenters. The molecule has 0 aromatic heterocycles. The van der Waals surface area contributed by atoms with Crippen LogP contribution in [0.5, 0.6) is 11.5 Å². The first-order chi connectivity index (χ1) is 13.7. The lowest BCUT2D eigenvalue weighted by Crippen LogP contribution is -2.28. The van der Waals surface area contributed by atoms with Crippen LogP contribution in [0.1, 0.15) is 31.7 Å². The van der Waals surface area contributed by atoms with Crippen LogP contribution in [0.25, 0.3) is 0 Å². The van der Waals surface area contributed by atoms with Gasteiger partial charge in [0.25, 0.3) is 5.91 Å². The number of carbonyl (C=O) groups excluding carboxylic acids is 2. The Kier molecular flexibility index (Phi) is 6.89. The molecule has 1 fully saturated rings. The quantitative estimate of drug-likeness (QED) is 0.723. The highest BCUT2D eigenvalue weighted by Crippen LogP contribution is 2.21. The van der Waals surface area contributed by atoms with Crippen LogP contribution in [0.3, 0.4) is 0 Å². The van der Waals surface area contributed by atoms with E-state index in [1.165, 1.54) is 0 Å². The summed E-state index contributed by atoms with van der Waals surface area (Å²) in [7, 11) is 0. The lowest BCUT2D eigenvalue weighted by Gasteiger charge is -2.16. The summed E-state index contributed by atoms with van der Waals surface area (Å²) in [6, 6.07) is 14.9. The molecule has 6 heteroatoms. The van der Waals surface area contributed by atoms with Gasteiger partial charge in [0, 0.05) is 25.2 Å². The maximum atomic E-state index is 12.0. The van der Waals surface area contributed by atoms with E-state index in [1.54, 1.807) is 17.0 Å². The Labute approximate surface area is 165 Å². The van der Waals surface area contributed by atoms with E-state index in [-0.39, 0.29) is 18.4 Å². The molecule has 1 heterocycles. The van der Waals surface area contributed by atoms with E-state index >= 15 is 0 Å². The van der Waals surface area contributed by atoms with Gasteiger partial charge in [0.2, 0.25) is 5.91 Å². The molecule has 148 valence electrons. The van der Waals surface area contributed by atoms with Crippen molar-refractivity contribution in [1.82, 2.24) is 5.32 Å². The van der Waals surface area contributed by atoms with Gasteiger partial charge in [-0.05, 0) is 54.8 Å². The van der Waals surface area contributed by atoms with Crippen LogP contribution in [-0.4, -0.2) is 31.6 Å². The number of hydrogen-bond acceptors (Lipinski definition) is 4. The van der Waals surface area contributed by atoms with Crippen molar-refractivity contribution in [2.24, 2.45) is 0 Å². The fourth-order valence-corrected chi connectivity index (χ4v) is 2.97. The minimum absolute atomic E-state index is 0.0461. The predicted molar refractivity (Wildman–Crippen MR) is 108 cm³/mol. The summed E-state index contributed by atoms with van der Waals surface area (Å²) in [4.78, 5) is 25.6. The topological polar surface area (TPSA) is 67.9 Å². The van der Waals surface area contributed by atoms with Crippen molar-refractivity contribution in [3.63, 3.8) is 0 Å². The minimum Gasteiger partial charge on any atom is -0.494 e. The van der Waals surface area contributed by atoms with E-state index < -0.39 is 0 Å². The third-order valence-corrected chi connectivity index (χ3v) is 4.48. The molecule has 0 saturated carbocycles. The monoisotopic (exact) mass is 382 g/mol. The standard InChI is InChI=1S/C22H26N2O4/c1-2-14-27-19-9-11-20(12-10-19)28-16-21(25)23-15-17-5-7-18(8-6-17)24-13-3-4-22(24)26/h5-12H,2-4,13-16H2,1H3,(H,23,25). The Morgan fingerprint density at radius 3 is 2.32 bits per heavy atom. The van der Waals surface area contributed by atoms with E-state index in [2.05, 4.69) is 12.2 Å².